The lowest BCUT2D eigenvalue weighted by molar-refractivity contribution is 0.176. The molecule has 102 valence electrons. The SMILES string of the molecule is Cc1ccc(C(O)Cc2c(Cl)c(C)nn2C)cc1Cl. The quantitative estimate of drug-likeness (QED) is 0.940. The third kappa shape index (κ3) is 2.94. The van der Waals surface area contributed by atoms with Gasteiger partial charge in [-0.2, -0.15) is 5.10 Å². The van der Waals surface area contributed by atoms with Crippen LogP contribution in [0.4, 0.5) is 0 Å². The minimum absolute atomic E-state index is 0.412. The number of rotatable bonds is 3. The van der Waals surface area contributed by atoms with Gasteiger partial charge in [-0.05, 0) is 31.0 Å². The van der Waals surface area contributed by atoms with E-state index in [4.69, 9.17) is 23.2 Å². The molecule has 1 aromatic heterocycles. The molecular formula is C14H16Cl2N2O. The summed E-state index contributed by atoms with van der Waals surface area (Å²) >= 11 is 12.3. The lowest BCUT2D eigenvalue weighted by Gasteiger charge is -2.12. The molecule has 1 N–H and O–H groups in total. The smallest absolute Gasteiger partial charge is 0.0848 e. The molecule has 1 unspecified atom stereocenters. The van der Waals surface area contributed by atoms with Gasteiger partial charge in [0, 0.05) is 18.5 Å². The fourth-order valence-corrected chi connectivity index (χ4v) is 2.45. The molecule has 1 heterocycles. The molecule has 2 aromatic rings. The lowest BCUT2D eigenvalue weighted by Crippen LogP contribution is -2.07. The van der Waals surface area contributed by atoms with Gasteiger partial charge in [0.1, 0.15) is 0 Å². The molecule has 5 heteroatoms. The van der Waals surface area contributed by atoms with Crippen LogP contribution in [0, 0.1) is 13.8 Å². The molecule has 1 atom stereocenters. The van der Waals surface area contributed by atoms with Crippen molar-refractivity contribution in [2.45, 2.75) is 26.4 Å². The Balaban J connectivity index is 2.25. The molecule has 0 radical (unpaired) electrons. The fourth-order valence-electron chi connectivity index (χ4n) is 2.02. The molecule has 0 fully saturated rings. The summed E-state index contributed by atoms with van der Waals surface area (Å²) in [4.78, 5) is 0. The van der Waals surface area contributed by atoms with Crippen molar-refractivity contribution in [2.75, 3.05) is 0 Å². The third-order valence-electron chi connectivity index (χ3n) is 3.23. The van der Waals surface area contributed by atoms with Gasteiger partial charge in [0.25, 0.3) is 0 Å². The first-order valence-electron chi connectivity index (χ1n) is 6.02. The molecular weight excluding hydrogens is 283 g/mol. The Kier molecular flexibility index (Phi) is 4.19. The highest BCUT2D eigenvalue weighted by molar-refractivity contribution is 6.32. The Morgan fingerprint density at radius 3 is 2.53 bits per heavy atom. The molecule has 1 aromatic carbocycles. The van der Waals surface area contributed by atoms with Crippen molar-refractivity contribution >= 4 is 23.2 Å². The topological polar surface area (TPSA) is 38.1 Å². The van der Waals surface area contributed by atoms with E-state index in [1.165, 1.54) is 0 Å². The van der Waals surface area contributed by atoms with E-state index in [9.17, 15) is 5.11 Å². The number of aryl methyl sites for hydroxylation is 3. The standard InChI is InChI=1S/C14H16Cl2N2O/c1-8-4-5-10(6-11(8)15)13(19)7-12-14(16)9(2)17-18(12)3/h4-6,13,19H,7H2,1-3H3. The normalized spacial score (nSPS) is 12.7. The van der Waals surface area contributed by atoms with Crippen LogP contribution in [-0.4, -0.2) is 14.9 Å². The molecule has 3 nitrogen and oxygen atoms in total. The summed E-state index contributed by atoms with van der Waals surface area (Å²) in [6, 6.07) is 5.57. The Hall–Kier alpha value is -1.03. The second-order valence-electron chi connectivity index (χ2n) is 4.70. The second kappa shape index (κ2) is 5.53. The Labute approximate surface area is 122 Å². The summed E-state index contributed by atoms with van der Waals surface area (Å²) in [6.45, 7) is 3.78. The Morgan fingerprint density at radius 1 is 1.32 bits per heavy atom. The molecule has 0 saturated heterocycles. The van der Waals surface area contributed by atoms with Crippen molar-refractivity contribution in [1.82, 2.24) is 9.78 Å². The van der Waals surface area contributed by atoms with E-state index in [1.807, 2.05) is 33.0 Å². The van der Waals surface area contributed by atoms with Crippen LogP contribution in [0.1, 0.15) is 28.6 Å². The maximum Gasteiger partial charge on any atom is 0.0848 e. The zero-order valence-electron chi connectivity index (χ0n) is 11.1. The summed E-state index contributed by atoms with van der Waals surface area (Å²) in [5.74, 6) is 0. The molecule has 0 bridgehead atoms. The summed E-state index contributed by atoms with van der Waals surface area (Å²) < 4.78 is 1.71. The number of halogens is 2. The van der Waals surface area contributed by atoms with Crippen LogP contribution in [0.5, 0.6) is 0 Å². The summed E-state index contributed by atoms with van der Waals surface area (Å²) in [6.07, 6.45) is -0.236. The highest BCUT2D eigenvalue weighted by atomic mass is 35.5. The van der Waals surface area contributed by atoms with E-state index >= 15 is 0 Å². The number of nitrogens with zero attached hydrogens (tertiary/aromatic N) is 2. The maximum absolute atomic E-state index is 10.3. The summed E-state index contributed by atoms with van der Waals surface area (Å²) in [5.41, 5.74) is 3.37. The van der Waals surface area contributed by atoms with E-state index in [-0.39, 0.29) is 0 Å². The van der Waals surface area contributed by atoms with Gasteiger partial charge in [-0.25, -0.2) is 0 Å². The molecule has 0 aliphatic carbocycles. The molecule has 0 aliphatic rings. The van der Waals surface area contributed by atoms with Gasteiger partial charge < -0.3 is 5.11 Å². The number of benzene rings is 1. The number of aliphatic hydroxyl groups is 1. The molecule has 0 aliphatic heterocycles. The van der Waals surface area contributed by atoms with Gasteiger partial charge in [0.2, 0.25) is 0 Å². The van der Waals surface area contributed by atoms with Gasteiger partial charge in [-0.3, -0.25) is 4.68 Å². The van der Waals surface area contributed by atoms with Gasteiger partial charge in [0.15, 0.2) is 0 Å². The van der Waals surface area contributed by atoms with Crippen LogP contribution in [0.2, 0.25) is 10.0 Å². The van der Waals surface area contributed by atoms with Crippen LogP contribution in [0.25, 0.3) is 0 Å². The zero-order valence-corrected chi connectivity index (χ0v) is 12.6. The lowest BCUT2D eigenvalue weighted by atomic mass is 10.0. The van der Waals surface area contributed by atoms with Crippen molar-refractivity contribution < 1.29 is 5.11 Å². The maximum atomic E-state index is 10.3. The first-order chi connectivity index (χ1) is 8.90. The molecule has 19 heavy (non-hydrogen) atoms. The van der Waals surface area contributed by atoms with E-state index in [0.717, 1.165) is 22.5 Å². The van der Waals surface area contributed by atoms with Crippen molar-refractivity contribution in [2.24, 2.45) is 7.05 Å². The largest absolute Gasteiger partial charge is 0.388 e. The molecule has 0 amide bonds. The average molecular weight is 299 g/mol. The minimum atomic E-state index is -0.648. The third-order valence-corrected chi connectivity index (χ3v) is 4.13. The average Bonchev–Trinajstić information content (AvgIpc) is 2.59. The number of hydrogen-bond donors (Lipinski definition) is 1. The highest BCUT2D eigenvalue weighted by Crippen LogP contribution is 2.27. The number of aromatic nitrogens is 2. The summed E-state index contributed by atoms with van der Waals surface area (Å²) in [5, 5.41) is 15.8. The molecule has 0 spiro atoms. The van der Waals surface area contributed by atoms with Crippen LogP contribution < -0.4 is 0 Å². The molecule has 0 saturated carbocycles. The first kappa shape index (κ1) is 14.4. The predicted molar refractivity (Wildman–Crippen MR) is 77.8 cm³/mol. The minimum Gasteiger partial charge on any atom is -0.388 e. The van der Waals surface area contributed by atoms with Crippen LogP contribution in [0.15, 0.2) is 18.2 Å². The van der Waals surface area contributed by atoms with Crippen molar-refractivity contribution in [3.8, 4) is 0 Å². The Morgan fingerprint density at radius 2 is 2.00 bits per heavy atom. The van der Waals surface area contributed by atoms with Crippen LogP contribution in [0.3, 0.4) is 0 Å². The van der Waals surface area contributed by atoms with Gasteiger partial charge >= 0.3 is 0 Å². The highest BCUT2D eigenvalue weighted by Gasteiger charge is 2.17. The summed E-state index contributed by atoms with van der Waals surface area (Å²) in [7, 11) is 1.82. The number of hydrogen-bond acceptors (Lipinski definition) is 2. The predicted octanol–water partition coefficient (Wildman–Crippen LogP) is 3.62. The van der Waals surface area contributed by atoms with Gasteiger partial charge in [0.05, 0.1) is 22.5 Å². The van der Waals surface area contributed by atoms with Crippen LogP contribution in [-0.2, 0) is 13.5 Å². The van der Waals surface area contributed by atoms with Crippen molar-refractivity contribution in [3.05, 3.63) is 50.8 Å². The van der Waals surface area contributed by atoms with E-state index in [0.29, 0.717) is 16.5 Å². The van der Waals surface area contributed by atoms with E-state index in [2.05, 4.69) is 5.10 Å². The number of aliphatic hydroxyl groups excluding tert-OH is 1. The van der Waals surface area contributed by atoms with Crippen molar-refractivity contribution in [1.29, 1.82) is 0 Å². The van der Waals surface area contributed by atoms with Gasteiger partial charge in [-0.1, -0.05) is 35.3 Å². The zero-order chi connectivity index (χ0) is 14.2. The Bertz CT molecular complexity index is 608. The van der Waals surface area contributed by atoms with E-state index < -0.39 is 6.10 Å². The fraction of sp³-hybridized carbons (Fsp3) is 0.357. The van der Waals surface area contributed by atoms with Crippen LogP contribution >= 0.6 is 23.2 Å². The monoisotopic (exact) mass is 298 g/mol. The first-order valence-corrected chi connectivity index (χ1v) is 6.78. The second-order valence-corrected chi connectivity index (χ2v) is 5.48. The molecule has 2 rings (SSSR count). The van der Waals surface area contributed by atoms with Crippen molar-refractivity contribution in [3.63, 3.8) is 0 Å². The van der Waals surface area contributed by atoms with Gasteiger partial charge in [-0.15, -0.1) is 0 Å². The van der Waals surface area contributed by atoms with E-state index in [1.54, 1.807) is 10.7 Å².